The van der Waals surface area contributed by atoms with Gasteiger partial charge in [0.15, 0.2) is 0 Å². The fraction of sp³-hybridized carbons (Fsp3) is 1.00. The Kier molecular flexibility index (Phi) is 4.04. The standard InChI is InChI=1S/C13H25NO/c1-2-10-5-7-11(8-6-10)13(15)12-4-3-9-14-12/h10-15H,2-9H2,1H3. The second kappa shape index (κ2) is 5.31. The van der Waals surface area contributed by atoms with E-state index in [2.05, 4.69) is 12.2 Å². The van der Waals surface area contributed by atoms with Gasteiger partial charge in [0.25, 0.3) is 0 Å². The van der Waals surface area contributed by atoms with Gasteiger partial charge >= 0.3 is 0 Å². The molecule has 2 heteroatoms. The molecular formula is C13H25NO. The molecule has 1 aliphatic carbocycles. The van der Waals surface area contributed by atoms with E-state index >= 15 is 0 Å². The highest BCUT2D eigenvalue weighted by Gasteiger charge is 2.32. The molecule has 0 spiro atoms. The highest BCUT2D eigenvalue weighted by molar-refractivity contribution is 4.87. The summed E-state index contributed by atoms with van der Waals surface area (Å²) in [6, 6.07) is 0.396. The molecule has 0 radical (unpaired) electrons. The van der Waals surface area contributed by atoms with Crippen molar-refractivity contribution >= 4 is 0 Å². The molecule has 2 atom stereocenters. The minimum absolute atomic E-state index is 0.0784. The summed E-state index contributed by atoms with van der Waals surface area (Å²) in [6.45, 7) is 3.39. The third kappa shape index (κ3) is 2.73. The van der Waals surface area contributed by atoms with Gasteiger partial charge in [0, 0.05) is 6.04 Å². The maximum atomic E-state index is 10.3. The van der Waals surface area contributed by atoms with Crippen LogP contribution in [0, 0.1) is 11.8 Å². The van der Waals surface area contributed by atoms with Crippen LogP contribution in [0.4, 0.5) is 0 Å². The summed E-state index contributed by atoms with van der Waals surface area (Å²) < 4.78 is 0. The van der Waals surface area contributed by atoms with Crippen molar-refractivity contribution < 1.29 is 5.11 Å². The number of hydrogen-bond donors (Lipinski definition) is 2. The first-order valence-corrected chi connectivity index (χ1v) is 6.72. The highest BCUT2D eigenvalue weighted by atomic mass is 16.3. The molecule has 0 aromatic rings. The fourth-order valence-electron chi connectivity index (χ4n) is 3.27. The van der Waals surface area contributed by atoms with Crippen LogP contribution in [0.25, 0.3) is 0 Å². The van der Waals surface area contributed by atoms with Gasteiger partial charge in [-0.05, 0) is 44.1 Å². The normalized spacial score (nSPS) is 39.2. The first-order chi connectivity index (χ1) is 7.31. The zero-order valence-electron chi connectivity index (χ0n) is 9.91. The molecule has 2 nitrogen and oxygen atoms in total. The van der Waals surface area contributed by atoms with Crippen LogP contribution in [0.15, 0.2) is 0 Å². The van der Waals surface area contributed by atoms with Gasteiger partial charge in [-0.2, -0.15) is 0 Å². The molecule has 2 rings (SSSR count). The van der Waals surface area contributed by atoms with Gasteiger partial charge in [0.2, 0.25) is 0 Å². The van der Waals surface area contributed by atoms with Crippen molar-refractivity contribution in [3.63, 3.8) is 0 Å². The van der Waals surface area contributed by atoms with Crippen molar-refractivity contribution in [3.05, 3.63) is 0 Å². The topological polar surface area (TPSA) is 32.3 Å². The maximum absolute atomic E-state index is 10.3. The molecule has 1 saturated heterocycles. The lowest BCUT2D eigenvalue weighted by atomic mass is 9.77. The fourth-order valence-corrected chi connectivity index (χ4v) is 3.27. The van der Waals surface area contributed by atoms with Crippen molar-refractivity contribution in [2.45, 2.75) is 64.0 Å². The van der Waals surface area contributed by atoms with Crippen molar-refractivity contribution in [1.29, 1.82) is 0 Å². The summed E-state index contributed by atoms with van der Waals surface area (Å²) in [6.07, 6.45) is 8.84. The zero-order valence-corrected chi connectivity index (χ0v) is 9.91. The van der Waals surface area contributed by atoms with Crippen LogP contribution in [0.1, 0.15) is 51.9 Å². The van der Waals surface area contributed by atoms with Gasteiger partial charge < -0.3 is 10.4 Å². The number of rotatable bonds is 3. The van der Waals surface area contributed by atoms with Gasteiger partial charge in [0.05, 0.1) is 6.10 Å². The monoisotopic (exact) mass is 211 g/mol. The average molecular weight is 211 g/mol. The lowest BCUT2D eigenvalue weighted by molar-refractivity contribution is 0.0470. The summed E-state index contributed by atoms with van der Waals surface area (Å²) in [5.41, 5.74) is 0. The predicted molar refractivity (Wildman–Crippen MR) is 62.8 cm³/mol. The number of aliphatic hydroxyl groups is 1. The third-order valence-electron chi connectivity index (χ3n) is 4.46. The molecule has 0 amide bonds. The Bertz CT molecular complexity index is 181. The van der Waals surface area contributed by atoms with Crippen LogP contribution in [0.5, 0.6) is 0 Å². The van der Waals surface area contributed by atoms with Gasteiger partial charge in [-0.1, -0.05) is 26.2 Å². The maximum Gasteiger partial charge on any atom is 0.0721 e. The Balaban J connectivity index is 1.78. The molecule has 2 aliphatic rings. The van der Waals surface area contributed by atoms with Crippen molar-refractivity contribution in [1.82, 2.24) is 5.32 Å². The molecule has 0 bridgehead atoms. The number of aliphatic hydroxyl groups excluding tert-OH is 1. The van der Waals surface area contributed by atoms with Crippen molar-refractivity contribution in [2.24, 2.45) is 11.8 Å². The van der Waals surface area contributed by atoms with E-state index in [9.17, 15) is 5.11 Å². The molecule has 1 aliphatic heterocycles. The lowest BCUT2D eigenvalue weighted by Crippen LogP contribution is -2.41. The Morgan fingerprint density at radius 1 is 1.20 bits per heavy atom. The van der Waals surface area contributed by atoms with E-state index in [-0.39, 0.29) is 6.10 Å². The smallest absolute Gasteiger partial charge is 0.0721 e. The summed E-state index contributed by atoms with van der Waals surface area (Å²) in [4.78, 5) is 0. The van der Waals surface area contributed by atoms with Gasteiger partial charge in [0.1, 0.15) is 0 Å². The first kappa shape index (κ1) is 11.4. The van der Waals surface area contributed by atoms with E-state index in [1.807, 2.05) is 0 Å². The Morgan fingerprint density at radius 2 is 1.93 bits per heavy atom. The first-order valence-electron chi connectivity index (χ1n) is 6.72. The summed E-state index contributed by atoms with van der Waals surface area (Å²) in [5, 5.41) is 13.7. The van der Waals surface area contributed by atoms with E-state index in [0.29, 0.717) is 12.0 Å². The van der Waals surface area contributed by atoms with Crippen LogP contribution in [-0.2, 0) is 0 Å². The van der Waals surface area contributed by atoms with Gasteiger partial charge in [-0.25, -0.2) is 0 Å². The van der Waals surface area contributed by atoms with Crippen LogP contribution in [0.2, 0.25) is 0 Å². The molecule has 2 unspecified atom stereocenters. The van der Waals surface area contributed by atoms with Gasteiger partial charge in [-0.3, -0.25) is 0 Å². The SMILES string of the molecule is CCC1CCC(C(O)C2CCCN2)CC1. The Labute approximate surface area is 93.5 Å². The second-order valence-corrected chi connectivity index (χ2v) is 5.38. The van der Waals surface area contributed by atoms with Crippen LogP contribution < -0.4 is 5.32 Å². The molecule has 2 fully saturated rings. The van der Waals surface area contributed by atoms with Crippen LogP contribution in [-0.4, -0.2) is 23.8 Å². The van der Waals surface area contributed by atoms with E-state index in [1.165, 1.54) is 44.9 Å². The highest BCUT2D eigenvalue weighted by Crippen LogP contribution is 2.34. The number of hydrogen-bond acceptors (Lipinski definition) is 2. The van der Waals surface area contributed by atoms with Crippen LogP contribution >= 0.6 is 0 Å². The third-order valence-corrected chi connectivity index (χ3v) is 4.46. The molecule has 2 N–H and O–H groups in total. The molecule has 0 aromatic carbocycles. The van der Waals surface area contributed by atoms with E-state index < -0.39 is 0 Å². The van der Waals surface area contributed by atoms with Crippen molar-refractivity contribution in [3.8, 4) is 0 Å². The average Bonchev–Trinajstić information content (AvgIpc) is 2.82. The summed E-state index contributed by atoms with van der Waals surface area (Å²) in [7, 11) is 0. The van der Waals surface area contributed by atoms with Crippen LogP contribution in [0.3, 0.4) is 0 Å². The molecule has 0 aromatic heterocycles. The second-order valence-electron chi connectivity index (χ2n) is 5.38. The van der Waals surface area contributed by atoms with Gasteiger partial charge in [-0.15, -0.1) is 0 Å². The molecule has 88 valence electrons. The predicted octanol–water partition coefficient (Wildman–Crippen LogP) is 2.32. The Hall–Kier alpha value is -0.0800. The minimum atomic E-state index is -0.0784. The summed E-state index contributed by atoms with van der Waals surface area (Å²) in [5.74, 6) is 1.51. The zero-order chi connectivity index (χ0) is 10.7. The quantitative estimate of drug-likeness (QED) is 0.751. The minimum Gasteiger partial charge on any atom is -0.391 e. The molecule has 1 saturated carbocycles. The molecule has 1 heterocycles. The molecule has 15 heavy (non-hydrogen) atoms. The molecular weight excluding hydrogens is 186 g/mol. The van der Waals surface area contributed by atoms with E-state index in [0.717, 1.165) is 12.5 Å². The van der Waals surface area contributed by atoms with E-state index in [4.69, 9.17) is 0 Å². The summed E-state index contributed by atoms with van der Waals surface area (Å²) >= 11 is 0. The van der Waals surface area contributed by atoms with E-state index in [1.54, 1.807) is 0 Å². The lowest BCUT2D eigenvalue weighted by Gasteiger charge is -2.33. The largest absolute Gasteiger partial charge is 0.391 e. The van der Waals surface area contributed by atoms with Crippen molar-refractivity contribution in [2.75, 3.05) is 6.54 Å². The number of nitrogens with one attached hydrogen (secondary N) is 1. The Morgan fingerprint density at radius 3 is 2.47 bits per heavy atom.